The quantitative estimate of drug-likeness (QED) is 0.505. The Morgan fingerprint density at radius 2 is 1.69 bits per heavy atom. The molecule has 0 aromatic heterocycles. The Bertz CT molecular complexity index is 79.0. The van der Waals surface area contributed by atoms with Crippen LogP contribution in [0.25, 0.3) is 0 Å². The van der Waals surface area contributed by atoms with Crippen molar-refractivity contribution in [1.82, 2.24) is 5.32 Å². The van der Waals surface area contributed by atoms with Gasteiger partial charge >= 0.3 is 0 Å². The molecule has 0 heterocycles. The van der Waals surface area contributed by atoms with Gasteiger partial charge in [-0.25, -0.2) is 0 Å². The van der Waals surface area contributed by atoms with Crippen LogP contribution >= 0.6 is 0 Å². The zero-order chi connectivity index (χ0) is 9.78. The largest absolute Gasteiger partial charge is 0.383 e. The summed E-state index contributed by atoms with van der Waals surface area (Å²) in [5, 5.41) is 3.33. The van der Waals surface area contributed by atoms with Gasteiger partial charge in [-0.3, -0.25) is 0 Å². The van der Waals surface area contributed by atoms with E-state index in [1.165, 1.54) is 32.1 Å². The molecule has 0 aromatic rings. The number of nitrogens with two attached hydrogens (primary N) is 1. The highest BCUT2D eigenvalue weighted by atomic mass is 16.5. The van der Waals surface area contributed by atoms with E-state index in [1.807, 2.05) is 0 Å². The Labute approximate surface area is 82.0 Å². The average molecular weight is 188 g/mol. The fraction of sp³-hybridized carbons (Fsp3) is 1.00. The van der Waals surface area contributed by atoms with Crippen molar-refractivity contribution in [2.75, 3.05) is 33.4 Å². The predicted molar refractivity (Wildman–Crippen MR) is 56.9 cm³/mol. The third kappa shape index (κ3) is 11.9. The topological polar surface area (TPSA) is 47.3 Å². The van der Waals surface area contributed by atoms with Gasteiger partial charge in [0, 0.05) is 13.7 Å². The summed E-state index contributed by atoms with van der Waals surface area (Å²) >= 11 is 0. The molecule has 0 aliphatic rings. The molecule has 3 heteroatoms. The molecular formula is C10H24N2O. The molecule has 0 atom stereocenters. The van der Waals surface area contributed by atoms with Gasteiger partial charge in [0.15, 0.2) is 0 Å². The molecule has 3 nitrogen and oxygen atoms in total. The van der Waals surface area contributed by atoms with Crippen molar-refractivity contribution in [2.45, 2.75) is 32.1 Å². The number of hydrogen-bond acceptors (Lipinski definition) is 3. The monoisotopic (exact) mass is 188 g/mol. The number of methoxy groups -OCH3 is 1. The molecule has 0 fully saturated rings. The van der Waals surface area contributed by atoms with Crippen LogP contribution in [0.15, 0.2) is 0 Å². The molecule has 0 saturated carbocycles. The van der Waals surface area contributed by atoms with E-state index >= 15 is 0 Å². The van der Waals surface area contributed by atoms with Gasteiger partial charge in [0.05, 0.1) is 6.61 Å². The number of ether oxygens (including phenoxy) is 1. The lowest BCUT2D eigenvalue weighted by Crippen LogP contribution is -2.20. The summed E-state index contributed by atoms with van der Waals surface area (Å²) in [6.07, 6.45) is 6.38. The second-order valence-corrected chi connectivity index (χ2v) is 3.30. The normalized spacial score (nSPS) is 10.6. The van der Waals surface area contributed by atoms with Crippen LogP contribution in [0.1, 0.15) is 32.1 Å². The van der Waals surface area contributed by atoms with Crippen LogP contribution in [0.2, 0.25) is 0 Å². The van der Waals surface area contributed by atoms with E-state index in [2.05, 4.69) is 5.32 Å². The molecule has 0 spiro atoms. The van der Waals surface area contributed by atoms with Crippen molar-refractivity contribution < 1.29 is 4.74 Å². The van der Waals surface area contributed by atoms with Gasteiger partial charge in [0.25, 0.3) is 0 Å². The Balaban J connectivity index is 2.76. The summed E-state index contributed by atoms with van der Waals surface area (Å²) in [5.41, 5.74) is 5.40. The fourth-order valence-corrected chi connectivity index (χ4v) is 1.22. The van der Waals surface area contributed by atoms with Crippen LogP contribution in [0.5, 0.6) is 0 Å². The number of unbranched alkanes of at least 4 members (excludes halogenated alkanes) is 4. The number of rotatable bonds is 10. The lowest BCUT2D eigenvalue weighted by Gasteiger charge is -2.03. The van der Waals surface area contributed by atoms with Crippen LogP contribution in [0, 0.1) is 0 Å². The Kier molecular flexibility index (Phi) is 11.8. The lowest BCUT2D eigenvalue weighted by molar-refractivity contribution is 0.199. The van der Waals surface area contributed by atoms with Crippen molar-refractivity contribution in [1.29, 1.82) is 0 Å². The van der Waals surface area contributed by atoms with Gasteiger partial charge in [-0.05, 0) is 25.9 Å². The number of hydrogen-bond donors (Lipinski definition) is 2. The minimum Gasteiger partial charge on any atom is -0.383 e. The molecule has 13 heavy (non-hydrogen) atoms. The summed E-state index contributed by atoms with van der Waals surface area (Å²) in [6, 6.07) is 0. The molecule has 0 aromatic carbocycles. The third-order valence-corrected chi connectivity index (χ3v) is 2.04. The van der Waals surface area contributed by atoms with Crippen LogP contribution in [0.3, 0.4) is 0 Å². The lowest BCUT2D eigenvalue weighted by atomic mass is 10.1. The van der Waals surface area contributed by atoms with Crippen LogP contribution in [0.4, 0.5) is 0 Å². The minimum atomic E-state index is 0.813. The molecular weight excluding hydrogens is 164 g/mol. The zero-order valence-corrected chi connectivity index (χ0v) is 8.85. The predicted octanol–water partition coefficient (Wildman–Crippen LogP) is 1.13. The van der Waals surface area contributed by atoms with E-state index in [0.717, 1.165) is 26.2 Å². The molecule has 80 valence electrons. The molecule has 0 saturated heterocycles. The Morgan fingerprint density at radius 1 is 1.00 bits per heavy atom. The van der Waals surface area contributed by atoms with Gasteiger partial charge in [-0.15, -0.1) is 0 Å². The van der Waals surface area contributed by atoms with Crippen molar-refractivity contribution in [2.24, 2.45) is 5.73 Å². The summed E-state index contributed by atoms with van der Waals surface area (Å²) in [7, 11) is 1.73. The summed E-state index contributed by atoms with van der Waals surface area (Å²) < 4.78 is 4.93. The fourth-order valence-electron chi connectivity index (χ4n) is 1.22. The highest BCUT2D eigenvalue weighted by molar-refractivity contribution is 4.49. The first kappa shape index (κ1) is 12.9. The van der Waals surface area contributed by atoms with Crippen molar-refractivity contribution in [3.05, 3.63) is 0 Å². The maximum absolute atomic E-state index is 5.40. The molecule has 0 radical (unpaired) electrons. The van der Waals surface area contributed by atoms with E-state index < -0.39 is 0 Å². The third-order valence-electron chi connectivity index (χ3n) is 2.04. The molecule has 0 aliphatic carbocycles. The molecule has 3 N–H and O–H groups in total. The highest BCUT2D eigenvalue weighted by Crippen LogP contribution is 2.00. The van der Waals surface area contributed by atoms with Crippen LogP contribution < -0.4 is 11.1 Å². The maximum Gasteiger partial charge on any atom is 0.0587 e. The van der Waals surface area contributed by atoms with Crippen molar-refractivity contribution in [3.63, 3.8) is 0 Å². The first-order valence-electron chi connectivity index (χ1n) is 5.31. The summed E-state index contributed by atoms with van der Waals surface area (Å²) in [4.78, 5) is 0. The molecule has 0 bridgehead atoms. The van der Waals surface area contributed by atoms with Gasteiger partial charge < -0.3 is 15.8 Å². The van der Waals surface area contributed by atoms with E-state index in [4.69, 9.17) is 10.5 Å². The molecule has 0 unspecified atom stereocenters. The van der Waals surface area contributed by atoms with Gasteiger partial charge in [-0.1, -0.05) is 19.3 Å². The average Bonchev–Trinajstić information content (AvgIpc) is 2.16. The first-order valence-corrected chi connectivity index (χ1v) is 5.31. The van der Waals surface area contributed by atoms with Gasteiger partial charge in [-0.2, -0.15) is 0 Å². The van der Waals surface area contributed by atoms with Crippen LogP contribution in [-0.4, -0.2) is 33.4 Å². The second kappa shape index (κ2) is 11.9. The Morgan fingerprint density at radius 3 is 2.38 bits per heavy atom. The van der Waals surface area contributed by atoms with Crippen molar-refractivity contribution >= 4 is 0 Å². The van der Waals surface area contributed by atoms with E-state index in [-0.39, 0.29) is 0 Å². The minimum absolute atomic E-state index is 0.813. The van der Waals surface area contributed by atoms with Crippen molar-refractivity contribution in [3.8, 4) is 0 Å². The molecule has 0 amide bonds. The van der Waals surface area contributed by atoms with Gasteiger partial charge in [0.2, 0.25) is 0 Å². The zero-order valence-electron chi connectivity index (χ0n) is 8.85. The molecule has 0 rings (SSSR count). The van der Waals surface area contributed by atoms with Gasteiger partial charge in [0.1, 0.15) is 0 Å². The number of nitrogens with one attached hydrogen (secondary N) is 1. The Hall–Kier alpha value is -0.120. The first-order chi connectivity index (χ1) is 6.41. The smallest absolute Gasteiger partial charge is 0.0587 e. The van der Waals surface area contributed by atoms with E-state index in [0.29, 0.717) is 0 Å². The second-order valence-electron chi connectivity index (χ2n) is 3.30. The van der Waals surface area contributed by atoms with Crippen LogP contribution in [-0.2, 0) is 4.74 Å². The summed E-state index contributed by atoms with van der Waals surface area (Å²) in [6.45, 7) is 3.74. The maximum atomic E-state index is 5.40. The standard InChI is InChI=1S/C10H24N2O/c1-13-10-9-12-8-6-4-2-3-5-7-11/h12H,2-11H2,1H3. The summed E-state index contributed by atoms with van der Waals surface area (Å²) in [5.74, 6) is 0. The molecule has 0 aliphatic heterocycles. The highest BCUT2D eigenvalue weighted by Gasteiger charge is 1.89. The van der Waals surface area contributed by atoms with E-state index in [9.17, 15) is 0 Å². The van der Waals surface area contributed by atoms with E-state index in [1.54, 1.807) is 7.11 Å². The SMILES string of the molecule is COCCNCCCCCCCN.